The monoisotopic (exact) mass is 312 g/mol. The highest BCUT2D eigenvalue weighted by atomic mass is 35.5. The predicted molar refractivity (Wildman–Crippen MR) is 81.8 cm³/mol. The van der Waals surface area contributed by atoms with Crippen molar-refractivity contribution < 1.29 is 9.66 Å². The van der Waals surface area contributed by atoms with Gasteiger partial charge in [-0.25, -0.2) is 0 Å². The van der Waals surface area contributed by atoms with Gasteiger partial charge in [0, 0.05) is 24.4 Å². The zero-order valence-corrected chi connectivity index (χ0v) is 12.4. The maximum atomic E-state index is 10.9. The third-order valence-electron chi connectivity index (χ3n) is 2.90. The van der Waals surface area contributed by atoms with E-state index in [0.717, 1.165) is 18.5 Å². The smallest absolute Gasteiger partial charge is 0.273 e. The van der Waals surface area contributed by atoms with Crippen LogP contribution in [-0.4, -0.2) is 28.4 Å². The molecule has 2 N–H and O–H groups in total. The standard InChI is InChI=1S/C13H16N4O3.ClH/c1-20-13-6-10(5-12(7-13)17(18)19)11-8-15-16(9-11)4-2-3-14;/h5-9H,2-4,14H2,1H3;1H. The average molecular weight is 313 g/mol. The summed E-state index contributed by atoms with van der Waals surface area (Å²) in [5, 5.41) is 15.1. The predicted octanol–water partition coefficient (Wildman–Crippen LogP) is 2.24. The number of hydrogen-bond donors (Lipinski definition) is 1. The molecule has 2 rings (SSSR count). The van der Waals surface area contributed by atoms with Gasteiger partial charge >= 0.3 is 0 Å². The van der Waals surface area contributed by atoms with Crippen LogP contribution in [0.2, 0.25) is 0 Å². The highest BCUT2D eigenvalue weighted by Gasteiger charge is 2.12. The van der Waals surface area contributed by atoms with Crippen LogP contribution in [0.4, 0.5) is 5.69 Å². The van der Waals surface area contributed by atoms with Crippen molar-refractivity contribution in [3.05, 3.63) is 40.7 Å². The van der Waals surface area contributed by atoms with E-state index in [1.54, 1.807) is 16.9 Å². The molecule has 0 spiro atoms. The Kier molecular flexibility index (Phi) is 6.13. The Morgan fingerprint density at radius 2 is 2.14 bits per heavy atom. The first-order valence-corrected chi connectivity index (χ1v) is 6.20. The normalized spacial score (nSPS) is 10.0. The van der Waals surface area contributed by atoms with Crippen molar-refractivity contribution in [1.29, 1.82) is 0 Å². The Morgan fingerprint density at radius 1 is 1.38 bits per heavy atom. The Bertz CT molecular complexity index is 615. The first kappa shape index (κ1) is 16.9. The highest BCUT2D eigenvalue weighted by Crippen LogP contribution is 2.29. The molecule has 0 aliphatic heterocycles. The third-order valence-corrected chi connectivity index (χ3v) is 2.90. The molecule has 1 aromatic heterocycles. The van der Waals surface area contributed by atoms with Crippen LogP contribution in [0.1, 0.15) is 6.42 Å². The third kappa shape index (κ3) is 4.17. The second-order valence-corrected chi connectivity index (χ2v) is 4.31. The largest absolute Gasteiger partial charge is 0.496 e. The van der Waals surface area contributed by atoms with Gasteiger partial charge in [-0.05, 0) is 24.6 Å². The minimum atomic E-state index is -0.440. The summed E-state index contributed by atoms with van der Waals surface area (Å²) >= 11 is 0. The van der Waals surface area contributed by atoms with Gasteiger partial charge in [0.05, 0.1) is 24.3 Å². The van der Waals surface area contributed by atoms with E-state index in [4.69, 9.17) is 10.5 Å². The van der Waals surface area contributed by atoms with Gasteiger partial charge in [0.1, 0.15) is 5.75 Å². The van der Waals surface area contributed by atoms with Crippen molar-refractivity contribution in [3.63, 3.8) is 0 Å². The quantitative estimate of drug-likeness (QED) is 0.651. The Morgan fingerprint density at radius 3 is 2.76 bits per heavy atom. The first-order chi connectivity index (χ1) is 9.63. The number of aryl methyl sites for hydroxylation is 1. The summed E-state index contributed by atoms with van der Waals surface area (Å²) in [6, 6.07) is 4.65. The lowest BCUT2D eigenvalue weighted by Crippen LogP contribution is -2.05. The number of nitrogens with zero attached hydrogens (tertiary/aromatic N) is 3. The van der Waals surface area contributed by atoms with Crippen molar-refractivity contribution >= 4 is 18.1 Å². The van der Waals surface area contributed by atoms with E-state index >= 15 is 0 Å². The molecule has 0 saturated carbocycles. The molecular weight excluding hydrogens is 296 g/mol. The highest BCUT2D eigenvalue weighted by molar-refractivity contribution is 5.85. The maximum absolute atomic E-state index is 10.9. The number of rotatable bonds is 6. The fourth-order valence-electron chi connectivity index (χ4n) is 1.86. The molecule has 0 aliphatic rings. The lowest BCUT2D eigenvalue weighted by Gasteiger charge is -2.03. The zero-order chi connectivity index (χ0) is 14.5. The summed E-state index contributed by atoms with van der Waals surface area (Å²) < 4.78 is 6.86. The summed E-state index contributed by atoms with van der Waals surface area (Å²) in [7, 11) is 1.48. The van der Waals surface area contributed by atoms with Crippen LogP contribution < -0.4 is 10.5 Å². The molecule has 0 fully saturated rings. The summed E-state index contributed by atoms with van der Waals surface area (Å²) in [5.41, 5.74) is 6.96. The first-order valence-electron chi connectivity index (χ1n) is 6.20. The number of nitro benzene ring substituents is 1. The van der Waals surface area contributed by atoms with Crippen molar-refractivity contribution in [2.24, 2.45) is 5.73 Å². The van der Waals surface area contributed by atoms with Gasteiger partial charge < -0.3 is 10.5 Å². The number of ether oxygens (including phenoxy) is 1. The van der Waals surface area contributed by atoms with Gasteiger partial charge in [-0.3, -0.25) is 14.8 Å². The molecular formula is C13H17ClN4O3. The van der Waals surface area contributed by atoms with E-state index in [2.05, 4.69) is 5.10 Å². The van der Waals surface area contributed by atoms with Crippen molar-refractivity contribution in [1.82, 2.24) is 9.78 Å². The molecule has 2 aromatic rings. The van der Waals surface area contributed by atoms with Gasteiger partial charge in [-0.1, -0.05) is 0 Å². The van der Waals surface area contributed by atoms with Crippen molar-refractivity contribution in [3.8, 4) is 16.9 Å². The van der Waals surface area contributed by atoms with Crippen LogP contribution in [0.3, 0.4) is 0 Å². The Hall–Kier alpha value is -2.12. The number of halogens is 1. The number of aromatic nitrogens is 2. The van der Waals surface area contributed by atoms with Crippen LogP contribution in [0.5, 0.6) is 5.75 Å². The lowest BCUT2D eigenvalue weighted by atomic mass is 10.1. The summed E-state index contributed by atoms with van der Waals surface area (Å²) in [4.78, 5) is 10.5. The second kappa shape index (κ2) is 7.61. The average Bonchev–Trinajstić information content (AvgIpc) is 2.93. The van der Waals surface area contributed by atoms with Crippen LogP contribution in [0.25, 0.3) is 11.1 Å². The number of nitro groups is 1. The van der Waals surface area contributed by atoms with Gasteiger partial charge in [-0.2, -0.15) is 5.10 Å². The second-order valence-electron chi connectivity index (χ2n) is 4.31. The van der Waals surface area contributed by atoms with Gasteiger partial charge in [-0.15, -0.1) is 12.4 Å². The minimum absolute atomic E-state index is 0. The number of hydrogen-bond acceptors (Lipinski definition) is 5. The lowest BCUT2D eigenvalue weighted by molar-refractivity contribution is -0.384. The molecule has 0 radical (unpaired) electrons. The van der Waals surface area contributed by atoms with E-state index in [1.807, 2.05) is 6.20 Å². The Balaban J connectivity index is 0.00000220. The molecule has 0 atom stereocenters. The maximum Gasteiger partial charge on any atom is 0.273 e. The number of benzene rings is 1. The van der Waals surface area contributed by atoms with Crippen LogP contribution in [0.15, 0.2) is 30.6 Å². The molecule has 0 aliphatic carbocycles. The fourth-order valence-corrected chi connectivity index (χ4v) is 1.86. The topological polar surface area (TPSA) is 96.2 Å². The molecule has 0 unspecified atom stereocenters. The van der Waals surface area contributed by atoms with Crippen LogP contribution in [0, 0.1) is 10.1 Å². The molecule has 1 aromatic carbocycles. The van der Waals surface area contributed by atoms with Crippen LogP contribution in [-0.2, 0) is 6.54 Å². The van der Waals surface area contributed by atoms with E-state index in [1.165, 1.54) is 19.2 Å². The molecule has 0 amide bonds. The van der Waals surface area contributed by atoms with Crippen molar-refractivity contribution in [2.45, 2.75) is 13.0 Å². The van der Waals surface area contributed by atoms with E-state index < -0.39 is 4.92 Å². The number of nitrogens with two attached hydrogens (primary N) is 1. The van der Waals surface area contributed by atoms with Crippen LogP contribution >= 0.6 is 12.4 Å². The number of methoxy groups -OCH3 is 1. The minimum Gasteiger partial charge on any atom is -0.496 e. The SMILES string of the molecule is COc1cc(-c2cnn(CCCN)c2)cc([N+](=O)[O-])c1.Cl. The summed E-state index contributed by atoms with van der Waals surface area (Å²) in [5.74, 6) is 0.448. The molecule has 1 heterocycles. The van der Waals surface area contributed by atoms with E-state index in [-0.39, 0.29) is 18.1 Å². The number of non-ortho nitro benzene ring substituents is 1. The van der Waals surface area contributed by atoms with Gasteiger partial charge in [0.25, 0.3) is 5.69 Å². The molecule has 21 heavy (non-hydrogen) atoms. The molecule has 114 valence electrons. The fraction of sp³-hybridized carbons (Fsp3) is 0.308. The molecule has 0 saturated heterocycles. The Labute approximate surface area is 128 Å². The molecule has 8 heteroatoms. The van der Waals surface area contributed by atoms with Crippen molar-refractivity contribution in [2.75, 3.05) is 13.7 Å². The van der Waals surface area contributed by atoms with E-state index in [0.29, 0.717) is 17.9 Å². The zero-order valence-electron chi connectivity index (χ0n) is 11.6. The van der Waals surface area contributed by atoms with E-state index in [9.17, 15) is 10.1 Å². The summed E-state index contributed by atoms with van der Waals surface area (Å²) in [6.07, 6.45) is 4.35. The van der Waals surface area contributed by atoms with Gasteiger partial charge in [0.15, 0.2) is 0 Å². The summed E-state index contributed by atoms with van der Waals surface area (Å²) in [6.45, 7) is 1.32. The molecule has 0 bridgehead atoms. The van der Waals surface area contributed by atoms with Gasteiger partial charge in [0.2, 0.25) is 0 Å². The molecule has 7 nitrogen and oxygen atoms in total.